The molecule has 128 valence electrons. The number of hydrogen-bond donors (Lipinski definition) is 3. The van der Waals surface area contributed by atoms with Crippen molar-refractivity contribution in [3.8, 4) is 0 Å². The number of nitrogens with one attached hydrogen (secondary N) is 2. The van der Waals surface area contributed by atoms with Gasteiger partial charge in [-0.05, 0) is 25.7 Å². The number of aromatic nitrogens is 3. The molecule has 1 aromatic heterocycles. The van der Waals surface area contributed by atoms with Gasteiger partial charge in [-0.1, -0.05) is 26.2 Å². The summed E-state index contributed by atoms with van der Waals surface area (Å²) in [6.07, 6.45) is 7.43. The Morgan fingerprint density at radius 2 is 2.13 bits per heavy atom. The number of amides is 2. The van der Waals surface area contributed by atoms with Gasteiger partial charge in [0.1, 0.15) is 5.82 Å². The van der Waals surface area contributed by atoms with Crippen LogP contribution < -0.4 is 10.6 Å². The molecule has 0 aromatic carbocycles. The number of nitrogens with zero attached hydrogens (tertiary/aromatic N) is 3. The zero-order valence-electron chi connectivity index (χ0n) is 13.8. The van der Waals surface area contributed by atoms with E-state index < -0.39 is 5.60 Å². The van der Waals surface area contributed by atoms with Gasteiger partial charge in [-0.25, -0.2) is 14.5 Å². The van der Waals surface area contributed by atoms with Crippen LogP contribution in [0.15, 0.2) is 0 Å². The molecule has 3 N–H and O–H groups in total. The molecule has 1 atom stereocenters. The molecule has 1 fully saturated rings. The first-order valence-corrected chi connectivity index (χ1v) is 8.80. The van der Waals surface area contributed by atoms with Crippen LogP contribution in [-0.4, -0.2) is 38.0 Å². The predicted octanol–water partition coefficient (Wildman–Crippen LogP) is 1.67. The lowest BCUT2D eigenvalue weighted by Gasteiger charge is -2.32. The summed E-state index contributed by atoms with van der Waals surface area (Å²) in [4.78, 5) is 16.7. The van der Waals surface area contributed by atoms with Crippen molar-refractivity contribution in [1.29, 1.82) is 0 Å². The van der Waals surface area contributed by atoms with Crippen LogP contribution in [0.1, 0.15) is 69.6 Å². The fourth-order valence-corrected chi connectivity index (χ4v) is 3.53. The van der Waals surface area contributed by atoms with E-state index in [9.17, 15) is 9.90 Å². The second-order valence-corrected chi connectivity index (χ2v) is 6.77. The van der Waals surface area contributed by atoms with Gasteiger partial charge in [0.15, 0.2) is 5.82 Å². The van der Waals surface area contributed by atoms with Crippen molar-refractivity contribution in [2.24, 2.45) is 0 Å². The number of rotatable bonds is 4. The van der Waals surface area contributed by atoms with Crippen LogP contribution >= 0.6 is 0 Å². The Balaban J connectivity index is 1.55. The van der Waals surface area contributed by atoms with E-state index in [4.69, 9.17) is 0 Å². The smallest absolute Gasteiger partial charge is 0.315 e. The van der Waals surface area contributed by atoms with E-state index in [0.29, 0.717) is 6.54 Å². The van der Waals surface area contributed by atoms with Crippen molar-refractivity contribution < 1.29 is 9.90 Å². The van der Waals surface area contributed by atoms with Crippen LogP contribution in [-0.2, 0) is 13.0 Å². The summed E-state index contributed by atoms with van der Waals surface area (Å²) in [7, 11) is 0. The SMILES string of the molecule is CCc1nc2n(n1)CCCC2NC(=O)NCC1(O)CCCCC1. The molecule has 0 radical (unpaired) electrons. The van der Waals surface area contributed by atoms with E-state index in [-0.39, 0.29) is 12.1 Å². The van der Waals surface area contributed by atoms with E-state index in [0.717, 1.165) is 63.1 Å². The summed E-state index contributed by atoms with van der Waals surface area (Å²) >= 11 is 0. The molecule has 0 saturated heterocycles. The van der Waals surface area contributed by atoms with Crippen LogP contribution in [0.4, 0.5) is 4.79 Å². The van der Waals surface area contributed by atoms with Gasteiger partial charge in [0.05, 0.1) is 11.6 Å². The summed E-state index contributed by atoms with van der Waals surface area (Å²) in [5, 5.41) is 20.7. The molecular formula is C16H27N5O2. The Labute approximate surface area is 136 Å². The molecule has 2 aliphatic rings. The number of aryl methyl sites for hydroxylation is 2. The molecule has 7 nitrogen and oxygen atoms in total. The number of aliphatic hydroxyl groups is 1. The van der Waals surface area contributed by atoms with E-state index in [1.165, 1.54) is 6.42 Å². The molecule has 2 amide bonds. The number of fused-ring (bicyclic) bond motifs is 1. The monoisotopic (exact) mass is 321 g/mol. The third-order valence-corrected chi connectivity index (χ3v) is 4.90. The summed E-state index contributed by atoms with van der Waals surface area (Å²) < 4.78 is 1.90. The van der Waals surface area contributed by atoms with Gasteiger partial charge in [-0.15, -0.1) is 0 Å². The minimum absolute atomic E-state index is 0.0995. The lowest BCUT2D eigenvalue weighted by molar-refractivity contribution is 0.00709. The summed E-state index contributed by atoms with van der Waals surface area (Å²) in [6, 6.07) is -0.332. The normalized spacial score (nSPS) is 23.1. The second-order valence-electron chi connectivity index (χ2n) is 6.77. The highest BCUT2D eigenvalue weighted by Crippen LogP contribution is 2.27. The van der Waals surface area contributed by atoms with Crippen LogP contribution in [0, 0.1) is 0 Å². The molecular weight excluding hydrogens is 294 g/mol. The zero-order valence-corrected chi connectivity index (χ0v) is 13.8. The average Bonchev–Trinajstić information content (AvgIpc) is 2.98. The van der Waals surface area contributed by atoms with Crippen molar-refractivity contribution in [2.75, 3.05) is 6.54 Å². The van der Waals surface area contributed by atoms with Crippen LogP contribution in [0.3, 0.4) is 0 Å². The third kappa shape index (κ3) is 3.83. The second kappa shape index (κ2) is 6.86. The number of urea groups is 1. The molecule has 1 saturated carbocycles. The van der Waals surface area contributed by atoms with Crippen molar-refractivity contribution in [1.82, 2.24) is 25.4 Å². The fourth-order valence-electron chi connectivity index (χ4n) is 3.53. The van der Waals surface area contributed by atoms with E-state index in [1.54, 1.807) is 0 Å². The largest absolute Gasteiger partial charge is 0.388 e. The van der Waals surface area contributed by atoms with Gasteiger partial charge >= 0.3 is 6.03 Å². The summed E-state index contributed by atoms with van der Waals surface area (Å²) in [5.74, 6) is 1.67. The van der Waals surface area contributed by atoms with Crippen molar-refractivity contribution >= 4 is 6.03 Å². The Kier molecular flexibility index (Phi) is 4.84. The maximum Gasteiger partial charge on any atom is 0.315 e. The molecule has 1 aromatic rings. The predicted molar refractivity (Wildman–Crippen MR) is 85.9 cm³/mol. The molecule has 1 unspecified atom stereocenters. The highest BCUT2D eigenvalue weighted by Gasteiger charge is 2.30. The number of hydrogen-bond acceptors (Lipinski definition) is 4. The van der Waals surface area contributed by atoms with Gasteiger partial charge in [0, 0.05) is 19.5 Å². The molecule has 1 aliphatic carbocycles. The van der Waals surface area contributed by atoms with Crippen LogP contribution in [0.25, 0.3) is 0 Å². The lowest BCUT2D eigenvalue weighted by atomic mass is 9.85. The van der Waals surface area contributed by atoms with Crippen molar-refractivity contribution in [3.63, 3.8) is 0 Å². The first kappa shape index (κ1) is 16.2. The van der Waals surface area contributed by atoms with E-state index >= 15 is 0 Å². The minimum atomic E-state index is -0.739. The van der Waals surface area contributed by atoms with Gasteiger partial charge in [-0.3, -0.25) is 0 Å². The molecule has 7 heteroatoms. The van der Waals surface area contributed by atoms with Crippen LogP contribution in [0.5, 0.6) is 0 Å². The van der Waals surface area contributed by atoms with E-state index in [1.807, 2.05) is 11.6 Å². The molecule has 3 rings (SSSR count). The Hall–Kier alpha value is -1.63. The first-order valence-electron chi connectivity index (χ1n) is 8.80. The maximum absolute atomic E-state index is 12.2. The summed E-state index contributed by atoms with van der Waals surface area (Å²) in [5.41, 5.74) is -0.739. The Morgan fingerprint density at radius 3 is 2.87 bits per heavy atom. The standard InChI is InChI=1S/C16H27N5O2/c1-2-13-19-14-12(7-6-10-21(14)20-13)18-15(22)17-11-16(23)8-4-3-5-9-16/h12,23H,2-11H2,1H3,(H2,17,18,22). The number of carbonyl (C=O) groups excluding carboxylic acids is 1. The zero-order chi connectivity index (χ0) is 16.3. The maximum atomic E-state index is 12.2. The van der Waals surface area contributed by atoms with Gasteiger partial charge in [0.2, 0.25) is 0 Å². The highest BCUT2D eigenvalue weighted by molar-refractivity contribution is 5.74. The van der Waals surface area contributed by atoms with Crippen molar-refractivity contribution in [3.05, 3.63) is 11.6 Å². The fraction of sp³-hybridized carbons (Fsp3) is 0.812. The summed E-state index contributed by atoms with van der Waals surface area (Å²) in [6.45, 7) is 3.21. The minimum Gasteiger partial charge on any atom is -0.388 e. The van der Waals surface area contributed by atoms with Crippen molar-refractivity contribution in [2.45, 2.75) is 76.5 Å². The first-order chi connectivity index (χ1) is 11.1. The quantitative estimate of drug-likeness (QED) is 0.786. The lowest BCUT2D eigenvalue weighted by Crippen LogP contribution is -2.48. The molecule has 1 aliphatic heterocycles. The topological polar surface area (TPSA) is 92.1 Å². The number of carbonyl (C=O) groups is 1. The highest BCUT2D eigenvalue weighted by atomic mass is 16.3. The van der Waals surface area contributed by atoms with Gasteiger partial charge in [0.25, 0.3) is 0 Å². The van der Waals surface area contributed by atoms with E-state index in [2.05, 4.69) is 20.7 Å². The molecule has 0 bridgehead atoms. The Bertz CT molecular complexity index is 551. The molecule has 0 spiro atoms. The Morgan fingerprint density at radius 1 is 1.35 bits per heavy atom. The molecule has 23 heavy (non-hydrogen) atoms. The third-order valence-electron chi connectivity index (χ3n) is 4.90. The van der Waals surface area contributed by atoms with Crippen LogP contribution in [0.2, 0.25) is 0 Å². The molecule has 2 heterocycles. The van der Waals surface area contributed by atoms with Gasteiger partial charge < -0.3 is 15.7 Å². The average molecular weight is 321 g/mol. The van der Waals surface area contributed by atoms with Gasteiger partial charge in [-0.2, -0.15) is 5.10 Å².